The number of rotatable bonds is 7. The molecule has 98 valence electrons. The molecule has 2 N–H and O–H groups in total. The van der Waals surface area contributed by atoms with Crippen LogP contribution in [-0.2, 0) is 11.3 Å². The lowest BCUT2D eigenvalue weighted by Crippen LogP contribution is -2.28. The van der Waals surface area contributed by atoms with Crippen LogP contribution in [0.3, 0.4) is 0 Å². The molecule has 4 nitrogen and oxygen atoms in total. The number of nitrogens with two attached hydrogens (primary N) is 1. The first-order valence-electron chi connectivity index (χ1n) is 5.79. The maximum absolute atomic E-state index is 8.65. The van der Waals surface area contributed by atoms with Gasteiger partial charge in [-0.2, -0.15) is 5.26 Å². The van der Waals surface area contributed by atoms with Gasteiger partial charge in [0.2, 0.25) is 0 Å². The number of ether oxygens (including phenoxy) is 1. The van der Waals surface area contributed by atoms with E-state index in [-0.39, 0.29) is 0 Å². The molecule has 18 heavy (non-hydrogen) atoms. The summed E-state index contributed by atoms with van der Waals surface area (Å²) in [5.74, 6) is 0. The molecule has 0 aliphatic rings. The molecule has 0 fully saturated rings. The number of methoxy groups -OCH3 is 1. The quantitative estimate of drug-likeness (QED) is 0.770. The molecule has 0 atom stereocenters. The first-order chi connectivity index (χ1) is 8.67. The lowest BCUT2D eigenvalue weighted by atomic mass is 10.2. The van der Waals surface area contributed by atoms with E-state index in [9.17, 15) is 0 Å². The predicted molar refractivity (Wildman–Crippen MR) is 73.2 cm³/mol. The van der Waals surface area contributed by atoms with Crippen LogP contribution in [0.4, 0.5) is 5.69 Å². The van der Waals surface area contributed by atoms with Gasteiger partial charge >= 0.3 is 0 Å². The van der Waals surface area contributed by atoms with Gasteiger partial charge in [-0.1, -0.05) is 17.7 Å². The van der Waals surface area contributed by atoms with Crippen LogP contribution < -0.4 is 5.73 Å². The molecule has 0 saturated heterocycles. The highest BCUT2D eigenvalue weighted by Gasteiger charge is 2.08. The Bertz CT molecular complexity index is 417. The summed E-state index contributed by atoms with van der Waals surface area (Å²) in [6, 6.07) is 7.65. The van der Waals surface area contributed by atoms with Gasteiger partial charge in [-0.25, -0.2) is 0 Å². The van der Waals surface area contributed by atoms with E-state index in [4.69, 9.17) is 27.3 Å². The fourth-order valence-corrected chi connectivity index (χ4v) is 1.88. The molecule has 0 aliphatic heterocycles. The summed E-state index contributed by atoms with van der Waals surface area (Å²) in [5, 5.41) is 9.31. The van der Waals surface area contributed by atoms with Crippen molar-refractivity contribution in [2.24, 2.45) is 0 Å². The number of hydrogen-bond acceptors (Lipinski definition) is 4. The fourth-order valence-electron chi connectivity index (χ4n) is 1.63. The summed E-state index contributed by atoms with van der Waals surface area (Å²) in [6.07, 6.45) is 0.496. The maximum atomic E-state index is 8.65. The Hall–Kier alpha value is -1.28. The molecule has 0 saturated carbocycles. The largest absolute Gasteiger partial charge is 0.399 e. The van der Waals surface area contributed by atoms with E-state index in [0.29, 0.717) is 36.8 Å². The Labute approximate surface area is 113 Å². The van der Waals surface area contributed by atoms with Gasteiger partial charge in [0.05, 0.1) is 12.7 Å². The van der Waals surface area contributed by atoms with Crippen LogP contribution in [0.25, 0.3) is 0 Å². The van der Waals surface area contributed by atoms with Crippen LogP contribution in [0.15, 0.2) is 18.2 Å². The average Bonchev–Trinajstić information content (AvgIpc) is 2.35. The summed E-state index contributed by atoms with van der Waals surface area (Å²) < 4.78 is 5.06. The third kappa shape index (κ3) is 4.92. The summed E-state index contributed by atoms with van der Waals surface area (Å²) in [6.45, 7) is 2.82. The number of nitrogen functional groups attached to an aromatic ring is 1. The molecule has 5 heteroatoms. The van der Waals surface area contributed by atoms with E-state index in [1.807, 2.05) is 12.1 Å². The van der Waals surface area contributed by atoms with Gasteiger partial charge in [-0.3, -0.25) is 4.90 Å². The molecular weight excluding hydrogens is 250 g/mol. The van der Waals surface area contributed by atoms with Gasteiger partial charge in [0.15, 0.2) is 0 Å². The van der Waals surface area contributed by atoms with Crippen LogP contribution in [0.2, 0.25) is 5.02 Å². The smallest absolute Gasteiger partial charge is 0.0635 e. The second-order valence-corrected chi connectivity index (χ2v) is 4.44. The van der Waals surface area contributed by atoms with E-state index >= 15 is 0 Å². The SMILES string of the molecule is COCCN(CCC#N)Cc1ccc(N)cc1Cl. The Morgan fingerprint density at radius 2 is 2.22 bits per heavy atom. The summed E-state index contributed by atoms with van der Waals surface area (Å²) in [7, 11) is 1.67. The lowest BCUT2D eigenvalue weighted by molar-refractivity contribution is 0.145. The number of hydrogen-bond donors (Lipinski definition) is 1. The van der Waals surface area contributed by atoms with Gasteiger partial charge in [-0.15, -0.1) is 0 Å². The summed E-state index contributed by atoms with van der Waals surface area (Å²) in [4.78, 5) is 2.14. The highest BCUT2D eigenvalue weighted by atomic mass is 35.5. The van der Waals surface area contributed by atoms with E-state index in [1.165, 1.54) is 0 Å². The molecule has 0 aromatic heterocycles. The van der Waals surface area contributed by atoms with Gasteiger partial charge in [0, 0.05) is 43.9 Å². The molecular formula is C13H18ClN3O. The number of benzene rings is 1. The maximum Gasteiger partial charge on any atom is 0.0635 e. The van der Waals surface area contributed by atoms with E-state index in [2.05, 4.69) is 11.0 Å². The monoisotopic (exact) mass is 267 g/mol. The third-order valence-electron chi connectivity index (χ3n) is 2.62. The zero-order chi connectivity index (χ0) is 13.4. The molecule has 0 bridgehead atoms. The van der Waals surface area contributed by atoms with Gasteiger partial charge < -0.3 is 10.5 Å². The predicted octanol–water partition coefficient (Wildman–Crippen LogP) is 2.28. The van der Waals surface area contributed by atoms with Crippen molar-refractivity contribution in [3.63, 3.8) is 0 Å². The Balaban J connectivity index is 2.66. The van der Waals surface area contributed by atoms with Crippen molar-refractivity contribution in [1.82, 2.24) is 4.90 Å². The Morgan fingerprint density at radius 1 is 1.44 bits per heavy atom. The van der Waals surface area contributed by atoms with Crippen molar-refractivity contribution in [3.8, 4) is 6.07 Å². The topological polar surface area (TPSA) is 62.3 Å². The highest BCUT2D eigenvalue weighted by molar-refractivity contribution is 6.31. The molecule has 0 spiro atoms. The van der Waals surface area contributed by atoms with Crippen LogP contribution in [0, 0.1) is 11.3 Å². The van der Waals surface area contributed by atoms with Crippen molar-refractivity contribution in [2.45, 2.75) is 13.0 Å². The number of nitriles is 1. The third-order valence-corrected chi connectivity index (χ3v) is 2.97. The van der Waals surface area contributed by atoms with Crippen LogP contribution in [0.1, 0.15) is 12.0 Å². The normalized spacial score (nSPS) is 10.6. The second kappa shape index (κ2) is 7.93. The van der Waals surface area contributed by atoms with E-state index < -0.39 is 0 Å². The first kappa shape index (κ1) is 14.8. The molecule has 1 aromatic rings. The van der Waals surface area contributed by atoms with Gasteiger partial charge in [-0.05, 0) is 17.7 Å². The number of nitrogens with zero attached hydrogens (tertiary/aromatic N) is 2. The Morgan fingerprint density at radius 3 is 2.83 bits per heavy atom. The van der Waals surface area contributed by atoms with Crippen LogP contribution in [0.5, 0.6) is 0 Å². The first-order valence-corrected chi connectivity index (χ1v) is 6.17. The van der Waals surface area contributed by atoms with Crippen molar-refractivity contribution in [3.05, 3.63) is 28.8 Å². The zero-order valence-electron chi connectivity index (χ0n) is 10.5. The highest BCUT2D eigenvalue weighted by Crippen LogP contribution is 2.20. The minimum Gasteiger partial charge on any atom is -0.399 e. The molecule has 1 rings (SSSR count). The molecule has 0 aliphatic carbocycles. The zero-order valence-corrected chi connectivity index (χ0v) is 11.3. The van der Waals surface area contributed by atoms with Gasteiger partial charge in [0.25, 0.3) is 0 Å². The molecule has 0 radical (unpaired) electrons. The fraction of sp³-hybridized carbons (Fsp3) is 0.462. The van der Waals surface area contributed by atoms with Gasteiger partial charge in [0.1, 0.15) is 0 Å². The summed E-state index contributed by atoms with van der Waals surface area (Å²) >= 11 is 6.14. The van der Waals surface area contributed by atoms with E-state index in [0.717, 1.165) is 12.1 Å². The van der Waals surface area contributed by atoms with Crippen molar-refractivity contribution in [1.29, 1.82) is 5.26 Å². The Kier molecular flexibility index (Phi) is 6.51. The minimum absolute atomic E-state index is 0.496. The number of halogens is 1. The molecule has 1 aromatic carbocycles. The molecule has 0 heterocycles. The van der Waals surface area contributed by atoms with E-state index in [1.54, 1.807) is 13.2 Å². The summed E-state index contributed by atoms with van der Waals surface area (Å²) in [5.41, 5.74) is 7.33. The standard InChI is InChI=1S/C13H18ClN3O/c1-18-8-7-17(6-2-5-15)10-11-3-4-12(16)9-13(11)14/h3-4,9H,2,6-8,10,16H2,1H3. The van der Waals surface area contributed by atoms with Crippen LogP contribution in [-0.4, -0.2) is 31.7 Å². The molecule has 0 unspecified atom stereocenters. The molecule has 0 amide bonds. The van der Waals surface area contributed by atoms with Crippen molar-refractivity contribution in [2.75, 3.05) is 32.5 Å². The minimum atomic E-state index is 0.496. The van der Waals surface area contributed by atoms with Crippen LogP contribution >= 0.6 is 11.6 Å². The lowest BCUT2D eigenvalue weighted by Gasteiger charge is -2.21. The number of anilines is 1. The van der Waals surface area contributed by atoms with Crippen molar-refractivity contribution >= 4 is 17.3 Å². The second-order valence-electron chi connectivity index (χ2n) is 4.03. The average molecular weight is 268 g/mol. The van der Waals surface area contributed by atoms with Crippen molar-refractivity contribution < 1.29 is 4.74 Å².